The van der Waals surface area contributed by atoms with E-state index in [2.05, 4.69) is 478 Å². The fourth-order valence-electron chi connectivity index (χ4n) is 20.3. The monoisotopic (exact) mass is 1570 g/mol. The SMILES string of the molecule is CC(C)(C)c1cc(-c2cc(N3c4cc([Si](c5ccccc5)(c5ccccc5)c5ccccc5)ccc4B4c5cc(C(C)(C)C)cc6c5N(c5cc(cc([Si](c7ccccc7)(c7ccccc7)c7ccccc7)c5)C(C)(C)c5cc-6cc(C(C)(C)C)c5)c5cc(-n6c7ccccc7c7ccccc76)cc3c54)ccc2C(C)(C)C)cc(C(C)(C)C)c1. The van der Waals surface area contributed by atoms with Gasteiger partial charge in [-0.05, 0) is 201 Å². The minimum absolute atomic E-state index is 0.124. The van der Waals surface area contributed by atoms with Crippen molar-refractivity contribution in [1.82, 2.24) is 4.57 Å². The largest absolute Gasteiger partial charge is 0.311 e. The zero-order chi connectivity index (χ0) is 82.7. The summed E-state index contributed by atoms with van der Waals surface area (Å²) in [5.41, 5.74) is 26.8. The first-order chi connectivity index (χ1) is 56.9. The number of hydrogen-bond acceptors (Lipinski definition) is 2. The number of benzene rings is 15. The summed E-state index contributed by atoms with van der Waals surface area (Å²) >= 11 is 0. The molecule has 0 unspecified atom stereocenters. The smallest absolute Gasteiger partial charge is 0.252 e. The van der Waals surface area contributed by atoms with Crippen LogP contribution in [-0.4, -0.2) is 27.4 Å². The van der Waals surface area contributed by atoms with Crippen molar-refractivity contribution in [3.63, 3.8) is 0 Å². The molecule has 19 rings (SSSR count). The minimum atomic E-state index is -3.30. The molecular formula is C113H108BN3Si2. The van der Waals surface area contributed by atoms with Gasteiger partial charge < -0.3 is 14.4 Å². The molecule has 0 fully saturated rings. The van der Waals surface area contributed by atoms with E-state index in [4.69, 9.17) is 0 Å². The first-order valence-electron chi connectivity index (χ1n) is 43.0. The second-order valence-electron chi connectivity index (χ2n) is 39.8. The van der Waals surface area contributed by atoms with Gasteiger partial charge in [0, 0.05) is 55.9 Å². The van der Waals surface area contributed by atoms with E-state index < -0.39 is 21.6 Å². The van der Waals surface area contributed by atoms with E-state index >= 15 is 0 Å². The fourth-order valence-corrected chi connectivity index (χ4v) is 29.9. The third-order valence-electron chi connectivity index (χ3n) is 26.7. The molecule has 0 aliphatic carbocycles. The van der Waals surface area contributed by atoms with Crippen LogP contribution < -0.4 is 67.7 Å². The minimum Gasteiger partial charge on any atom is -0.311 e. The van der Waals surface area contributed by atoms with Gasteiger partial charge in [-0.15, -0.1) is 0 Å². The van der Waals surface area contributed by atoms with Gasteiger partial charge in [-0.25, -0.2) is 0 Å². The Balaban J connectivity index is 1.04. The molecular weight excluding hydrogens is 1470 g/mol. The van der Waals surface area contributed by atoms with Gasteiger partial charge in [0.25, 0.3) is 6.71 Å². The molecule has 0 spiro atoms. The van der Waals surface area contributed by atoms with Crippen LogP contribution in [0.5, 0.6) is 0 Å². The Labute approximate surface area is 708 Å². The lowest BCUT2D eigenvalue weighted by Crippen LogP contribution is -2.75. The molecule has 3 aliphatic heterocycles. The van der Waals surface area contributed by atoms with Crippen molar-refractivity contribution < 1.29 is 0 Å². The molecule has 3 aliphatic rings. The Morgan fingerprint density at radius 1 is 0.269 bits per heavy atom. The highest BCUT2D eigenvalue weighted by Gasteiger charge is 2.50. The summed E-state index contributed by atoms with van der Waals surface area (Å²) in [5.74, 6) is 0. The number of nitrogens with zero attached hydrogens (tertiary/aromatic N) is 3. The van der Waals surface area contributed by atoms with E-state index in [1.165, 1.54) is 141 Å². The van der Waals surface area contributed by atoms with Crippen molar-refractivity contribution in [3.05, 3.63) is 385 Å². The van der Waals surface area contributed by atoms with Gasteiger partial charge in [-0.2, -0.15) is 0 Å². The third-order valence-corrected chi connectivity index (χ3v) is 36.3. The van der Waals surface area contributed by atoms with Crippen molar-refractivity contribution >= 4 is 137 Å². The lowest BCUT2D eigenvalue weighted by atomic mass is 9.33. The summed E-state index contributed by atoms with van der Waals surface area (Å²) in [7, 11) is -6.55. The fraction of sp³-hybridized carbons (Fsp3) is 0.204. The molecule has 0 saturated carbocycles. The predicted octanol–water partition coefficient (Wildman–Crippen LogP) is 22.1. The molecule has 16 aromatic rings. The quantitative estimate of drug-likeness (QED) is 0.0944. The molecule has 0 N–H and O–H groups in total. The first kappa shape index (κ1) is 77.1. The molecule has 0 saturated heterocycles. The van der Waals surface area contributed by atoms with E-state index in [9.17, 15) is 0 Å². The number of para-hydroxylation sites is 2. The van der Waals surface area contributed by atoms with Crippen LogP contribution in [0.1, 0.15) is 157 Å². The Kier molecular flexibility index (Phi) is 18.3. The highest BCUT2D eigenvalue weighted by molar-refractivity contribution is 7.20. The highest BCUT2D eigenvalue weighted by Crippen LogP contribution is 2.53. The van der Waals surface area contributed by atoms with Crippen LogP contribution in [0.15, 0.2) is 346 Å². The van der Waals surface area contributed by atoms with Crippen LogP contribution >= 0.6 is 0 Å². The second-order valence-corrected chi connectivity index (χ2v) is 47.4. The lowest BCUT2D eigenvalue weighted by Gasteiger charge is -2.47. The second kappa shape index (κ2) is 28.2. The van der Waals surface area contributed by atoms with Gasteiger partial charge in [0.1, 0.15) is 0 Å². The maximum Gasteiger partial charge on any atom is 0.252 e. The van der Waals surface area contributed by atoms with Crippen LogP contribution in [0.4, 0.5) is 34.1 Å². The summed E-state index contributed by atoms with van der Waals surface area (Å²) in [5, 5.41) is 13.1. The van der Waals surface area contributed by atoms with Gasteiger partial charge in [0.2, 0.25) is 0 Å². The molecule has 0 radical (unpaired) electrons. The summed E-state index contributed by atoms with van der Waals surface area (Å²) in [6, 6.07) is 137. The van der Waals surface area contributed by atoms with Crippen molar-refractivity contribution in [1.29, 1.82) is 0 Å². The molecule has 0 amide bonds. The van der Waals surface area contributed by atoms with E-state index in [0.29, 0.717) is 0 Å². The maximum atomic E-state index is 2.82. The third kappa shape index (κ3) is 12.6. The van der Waals surface area contributed by atoms with E-state index in [1.54, 1.807) is 0 Å². The number of fused-ring (bicyclic) bond motifs is 13. The average Bonchev–Trinajstić information content (AvgIpc) is 1.19. The number of aromatic nitrogens is 1. The molecule has 4 bridgehead atoms. The standard InChI is InChI=1S/C113H108BN3Si2/c1-108(2,3)77-60-75(61-78(64-77)109(4,5)6)96-71-83(56-58-98(96)112(13,14)15)115-103-74-92(118(86-40-24-18-25-41-86,87-42-26-19-27-43-87)88-44-28-20-29-45-88)57-59-99(103)114-100-69-80(111(10,11)12)68-97-76-62-79(110(7,8)9)65-81(63-76)113(16,17)82-66-84(70-93(67-82)119(89-46-30-21-31-47-89,90-48-32-22-33-49-90)91-50-34-23-35-51-91)117(107(97)100)105-73-85(72-104(115)106(105)114)116-101-54-38-36-52-94(101)95-53-37-39-55-102(95)116/h18-74H,1-17H3. The van der Waals surface area contributed by atoms with Crippen molar-refractivity contribution in [2.45, 2.75) is 150 Å². The summed E-state index contributed by atoms with van der Waals surface area (Å²) < 4.78 is 2.60. The lowest BCUT2D eigenvalue weighted by molar-refractivity contribution is 0.568. The maximum absolute atomic E-state index is 3.30. The highest BCUT2D eigenvalue weighted by atomic mass is 28.3. The normalized spacial score (nSPS) is 13.9. The molecule has 586 valence electrons. The molecule has 4 heterocycles. The van der Waals surface area contributed by atoms with Gasteiger partial charge in [0.05, 0.1) is 16.7 Å². The van der Waals surface area contributed by atoms with E-state index in [-0.39, 0.29) is 33.8 Å². The molecule has 119 heavy (non-hydrogen) atoms. The topological polar surface area (TPSA) is 11.4 Å². The number of anilines is 6. The van der Waals surface area contributed by atoms with Crippen molar-refractivity contribution in [2.24, 2.45) is 0 Å². The van der Waals surface area contributed by atoms with Gasteiger partial charge in [-0.1, -0.05) is 403 Å². The van der Waals surface area contributed by atoms with Crippen molar-refractivity contribution in [3.8, 4) is 27.9 Å². The first-order valence-corrected chi connectivity index (χ1v) is 47.0. The molecule has 6 heteroatoms. The van der Waals surface area contributed by atoms with Crippen LogP contribution in [0.3, 0.4) is 0 Å². The predicted molar refractivity (Wildman–Crippen MR) is 519 cm³/mol. The Bertz CT molecular complexity index is 6370. The zero-order valence-electron chi connectivity index (χ0n) is 72.3. The molecule has 0 atom stereocenters. The Morgan fingerprint density at radius 3 is 1.14 bits per heavy atom. The van der Waals surface area contributed by atoms with Gasteiger partial charge >= 0.3 is 0 Å². The van der Waals surface area contributed by atoms with Gasteiger partial charge in [-0.3, -0.25) is 0 Å². The van der Waals surface area contributed by atoms with Crippen LogP contribution in [0.25, 0.3) is 49.7 Å². The number of rotatable bonds is 11. The summed E-state index contributed by atoms with van der Waals surface area (Å²) in [6.45, 7) is 40.7. The van der Waals surface area contributed by atoms with Crippen LogP contribution in [0, 0.1) is 0 Å². The van der Waals surface area contributed by atoms with Crippen molar-refractivity contribution in [2.75, 3.05) is 9.80 Å². The summed E-state index contributed by atoms with van der Waals surface area (Å²) in [4.78, 5) is 5.58. The average molecular weight is 1580 g/mol. The molecule has 3 nitrogen and oxygen atoms in total. The summed E-state index contributed by atoms with van der Waals surface area (Å²) in [6.07, 6.45) is 0. The van der Waals surface area contributed by atoms with E-state index in [0.717, 1.165) is 39.5 Å². The Morgan fingerprint density at radius 2 is 0.681 bits per heavy atom. The molecule has 1 aromatic heterocycles. The van der Waals surface area contributed by atoms with Crippen LogP contribution in [-0.2, 0) is 32.5 Å². The number of hydrogen-bond donors (Lipinski definition) is 0. The van der Waals surface area contributed by atoms with E-state index in [1.807, 2.05) is 0 Å². The molecule has 15 aromatic carbocycles. The van der Waals surface area contributed by atoms with Crippen LogP contribution in [0.2, 0.25) is 0 Å². The van der Waals surface area contributed by atoms with Gasteiger partial charge in [0.15, 0.2) is 16.1 Å². The Hall–Kier alpha value is -11.8. The zero-order valence-corrected chi connectivity index (χ0v) is 74.3.